The first-order valence-electron chi connectivity index (χ1n) is 14.6. The van der Waals surface area contributed by atoms with E-state index in [9.17, 15) is 95.6 Å². The van der Waals surface area contributed by atoms with Gasteiger partial charge < -0.3 is 75.9 Å². The lowest BCUT2D eigenvalue weighted by molar-refractivity contribution is -0.484. The van der Waals surface area contributed by atoms with E-state index >= 15 is 0 Å². The Morgan fingerprint density at radius 3 is 1.86 bits per heavy atom. The normalized spacial score (nSPS) is 33.9. The van der Waals surface area contributed by atoms with Crippen molar-refractivity contribution in [2.45, 2.75) is 101 Å². The van der Waals surface area contributed by atoms with E-state index in [4.69, 9.17) is 9.62 Å². The summed E-state index contributed by atoms with van der Waals surface area (Å²) in [5.41, 5.74) is -12.2. The molecule has 0 bridgehead atoms. The van der Waals surface area contributed by atoms with Gasteiger partial charge in [-0.3, -0.25) is 24.4 Å². The molecule has 3 fully saturated rings. The van der Waals surface area contributed by atoms with Crippen molar-refractivity contribution in [3.8, 4) is 0 Å². The molecule has 0 aliphatic heterocycles. The van der Waals surface area contributed by atoms with E-state index in [-0.39, 0.29) is 6.42 Å². The minimum absolute atomic E-state index is 0.158. The summed E-state index contributed by atoms with van der Waals surface area (Å²) in [5, 5.41) is 140. The number of ketones is 4. The molecule has 0 aromatic heterocycles. The summed E-state index contributed by atoms with van der Waals surface area (Å²) in [5.74, 6) is -33.0. The van der Waals surface area contributed by atoms with E-state index in [0.29, 0.717) is 6.92 Å². The minimum atomic E-state index is -5.09. The van der Waals surface area contributed by atoms with Gasteiger partial charge >= 0.3 is 29.5 Å². The summed E-state index contributed by atoms with van der Waals surface area (Å²) in [7, 11) is 0. The number of aliphatic hydroxyl groups excluding tert-OH is 1. The maximum absolute atomic E-state index is 13.9. The largest absolute Gasteiger partial charge is 0.399 e. The molecule has 49 heavy (non-hydrogen) atoms. The van der Waals surface area contributed by atoms with Crippen molar-refractivity contribution in [1.29, 1.82) is 0 Å². The van der Waals surface area contributed by atoms with Crippen LogP contribution in [0.25, 0.3) is 0 Å². The average molecular weight is 717 g/mol. The fourth-order valence-electron chi connectivity index (χ4n) is 8.61. The molecule has 8 atom stereocenters. The quantitative estimate of drug-likeness (QED) is 0.0310. The second kappa shape index (κ2) is 12.3. The van der Waals surface area contributed by atoms with Crippen LogP contribution in [0.3, 0.4) is 0 Å². The Labute approximate surface area is 274 Å². The predicted molar refractivity (Wildman–Crippen MR) is 144 cm³/mol. The molecule has 22 nitrogen and oxygen atoms in total. The first-order valence-corrected chi connectivity index (χ1v) is 14.6. The van der Waals surface area contributed by atoms with Crippen molar-refractivity contribution in [2.75, 3.05) is 0 Å². The number of aliphatic hydroxyl groups is 13. The number of carbonyl (C=O) groups is 5. The number of carbonyl (C=O) groups excluding carboxylic acids is 5. The average Bonchev–Trinajstić information content (AvgIpc) is 2.91. The van der Waals surface area contributed by atoms with E-state index in [1.165, 1.54) is 13.8 Å². The van der Waals surface area contributed by atoms with E-state index < -0.39 is 130 Å². The van der Waals surface area contributed by atoms with E-state index in [0.717, 1.165) is 6.92 Å². The van der Waals surface area contributed by atoms with E-state index in [1.807, 2.05) is 0 Å². The highest BCUT2D eigenvalue weighted by molar-refractivity contribution is 6.65. The summed E-state index contributed by atoms with van der Waals surface area (Å²) in [6.07, 6.45) is -4.10. The van der Waals surface area contributed by atoms with Crippen LogP contribution in [0.1, 0.15) is 53.4 Å². The lowest BCUT2D eigenvalue weighted by atomic mass is 9.40. The van der Waals surface area contributed by atoms with Crippen molar-refractivity contribution >= 4 is 29.1 Å². The molecule has 0 spiro atoms. The van der Waals surface area contributed by atoms with Gasteiger partial charge in [0.1, 0.15) is 5.60 Å². The number of fused-ring (bicyclic) bond motifs is 3. The Kier molecular flexibility index (Phi) is 10.3. The van der Waals surface area contributed by atoms with E-state index in [1.54, 1.807) is 0 Å². The van der Waals surface area contributed by atoms with Crippen LogP contribution in [0.4, 0.5) is 0 Å². The van der Waals surface area contributed by atoms with Gasteiger partial charge in [-0.25, -0.2) is 9.68 Å². The van der Waals surface area contributed by atoms with Gasteiger partial charge in [0.05, 0.1) is 12.0 Å². The molecule has 8 unspecified atom stereocenters. The molecule has 3 aliphatic carbocycles. The fraction of sp³-hybridized carbons (Fsp3) is 0.815. The highest BCUT2D eigenvalue weighted by Crippen LogP contribution is 2.67. The summed E-state index contributed by atoms with van der Waals surface area (Å²) in [6.45, 7) is 1.47. The number of rotatable bonds is 11. The molecular formula is C27H40O22. The molecular weight excluding hydrogens is 676 g/mol. The molecule has 3 saturated carbocycles. The monoisotopic (exact) mass is 716 g/mol. The van der Waals surface area contributed by atoms with Crippen LogP contribution in [0.5, 0.6) is 0 Å². The molecule has 0 aromatic rings. The fourth-order valence-corrected chi connectivity index (χ4v) is 8.61. The van der Waals surface area contributed by atoms with E-state index in [2.05, 4.69) is 4.74 Å². The molecule has 14 N–H and O–H groups in total. The van der Waals surface area contributed by atoms with Gasteiger partial charge in [0.25, 0.3) is 18.0 Å². The van der Waals surface area contributed by atoms with Crippen molar-refractivity contribution in [1.82, 2.24) is 0 Å². The molecule has 280 valence electrons. The van der Waals surface area contributed by atoms with Crippen LogP contribution in [0, 0.1) is 34.5 Å². The van der Waals surface area contributed by atoms with Crippen LogP contribution in [0.15, 0.2) is 0 Å². The van der Waals surface area contributed by atoms with Crippen molar-refractivity contribution in [2.24, 2.45) is 34.5 Å². The first kappa shape index (κ1) is 40.9. The highest BCUT2D eigenvalue weighted by Gasteiger charge is 2.75. The molecule has 0 amide bonds. The maximum Gasteiger partial charge on any atom is 0.391 e. The topological polar surface area (TPSA) is 396 Å². The third-order valence-electron chi connectivity index (χ3n) is 10.8. The Bertz CT molecular complexity index is 1360. The van der Waals surface area contributed by atoms with Crippen LogP contribution < -0.4 is 0 Å². The summed E-state index contributed by atoms with van der Waals surface area (Å²) in [4.78, 5) is 69.1. The highest BCUT2D eigenvalue weighted by atomic mass is 17.1. The second-order valence-electron chi connectivity index (χ2n) is 13.6. The lowest BCUT2D eigenvalue weighted by Crippen LogP contribution is -2.75. The van der Waals surface area contributed by atoms with Gasteiger partial charge in [-0.15, -0.1) is 0 Å². The molecule has 3 rings (SSSR count). The summed E-state index contributed by atoms with van der Waals surface area (Å²) < 4.78 is 9.01. The number of Topliss-reactive ketones (excluding diaryl/α,β-unsaturated/α-hetero) is 4. The van der Waals surface area contributed by atoms with Gasteiger partial charge in [0.15, 0.2) is 5.79 Å². The number of ether oxygens (including phenoxy) is 2. The van der Waals surface area contributed by atoms with Crippen LogP contribution in [0.2, 0.25) is 0 Å². The van der Waals surface area contributed by atoms with Gasteiger partial charge in [0.2, 0.25) is 11.6 Å². The van der Waals surface area contributed by atoms with Crippen LogP contribution in [-0.2, 0) is 38.3 Å². The SMILES string of the molecule is CCC1C2CC(O)(O)C3C(=O)C(=O)C(=O)CC3(C)C2C(OO)CC1(C)C(C)(OC(O)O)C(=O)C(O)(O)OC(=O)C(O)(C(O)(O)O)C(O)(O)O. The summed E-state index contributed by atoms with van der Waals surface area (Å²) in [6, 6.07) is 0. The van der Waals surface area contributed by atoms with Crippen molar-refractivity contribution < 1.29 is 110 Å². The van der Waals surface area contributed by atoms with Crippen LogP contribution in [-0.4, -0.2) is 148 Å². The molecule has 0 aromatic carbocycles. The molecule has 0 heterocycles. The van der Waals surface area contributed by atoms with Gasteiger partial charge in [-0.1, -0.05) is 27.2 Å². The third kappa shape index (κ3) is 6.03. The van der Waals surface area contributed by atoms with Gasteiger partial charge in [0, 0.05) is 18.3 Å². The molecule has 0 radical (unpaired) electrons. The Morgan fingerprint density at radius 2 is 1.43 bits per heavy atom. The first-order chi connectivity index (χ1) is 21.9. The minimum Gasteiger partial charge on any atom is -0.399 e. The second-order valence-corrected chi connectivity index (χ2v) is 13.6. The van der Waals surface area contributed by atoms with Gasteiger partial charge in [-0.05, 0) is 36.5 Å². The van der Waals surface area contributed by atoms with Crippen molar-refractivity contribution in [3.63, 3.8) is 0 Å². The smallest absolute Gasteiger partial charge is 0.391 e. The third-order valence-corrected chi connectivity index (χ3v) is 10.8. The summed E-state index contributed by atoms with van der Waals surface area (Å²) >= 11 is 0. The molecule has 22 heteroatoms. The zero-order valence-corrected chi connectivity index (χ0v) is 26.3. The molecule has 3 aliphatic rings. The Balaban J connectivity index is 2.22. The van der Waals surface area contributed by atoms with Crippen LogP contribution >= 0.6 is 0 Å². The zero-order valence-electron chi connectivity index (χ0n) is 26.3. The number of esters is 1. The molecule has 0 saturated heterocycles. The number of hydrogen-bond donors (Lipinski definition) is 14. The van der Waals surface area contributed by atoms with Gasteiger partial charge in [-0.2, -0.15) is 0 Å². The maximum atomic E-state index is 13.9. The predicted octanol–water partition coefficient (Wildman–Crippen LogP) is -6.88. The van der Waals surface area contributed by atoms with Crippen molar-refractivity contribution in [3.05, 3.63) is 0 Å². The number of hydrogen-bond acceptors (Lipinski definition) is 22. The Hall–Kier alpha value is -2.49. The zero-order chi connectivity index (χ0) is 38.3. The lowest BCUT2D eigenvalue weighted by Gasteiger charge is -2.65. The standard InChI is InChI=1S/C27H40O22/c1-5-10-9-6-23(35,36)16-15(30)14(29)11(28)7-20(16,2)13(9)12(49-46)8-21(10,3)22(4,48-19(33)34)17(31)25(38,39)47-18(32)24(37,26(40,41)42)27(43,44)45/h9-10,12-13,16,19,33-46H,5-8H2,1-4H3. The Morgan fingerprint density at radius 1 is 0.918 bits per heavy atom.